The first kappa shape index (κ1) is 19.6. The Morgan fingerprint density at radius 1 is 1.14 bits per heavy atom. The van der Waals surface area contributed by atoms with E-state index in [-0.39, 0.29) is 15.9 Å². The molecule has 0 unspecified atom stereocenters. The van der Waals surface area contributed by atoms with Crippen LogP contribution in [0, 0.1) is 0 Å². The third kappa shape index (κ3) is 4.96. The average Bonchev–Trinajstić information content (AvgIpc) is 3.19. The molecular formula is C19H17N3O4S2. The number of benzene rings is 2. The summed E-state index contributed by atoms with van der Waals surface area (Å²) in [7, 11) is -3.73. The van der Waals surface area contributed by atoms with Crippen LogP contribution in [0.5, 0.6) is 5.75 Å². The van der Waals surface area contributed by atoms with Gasteiger partial charge in [0, 0.05) is 22.8 Å². The van der Waals surface area contributed by atoms with Gasteiger partial charge in [0.1, 0.15) is 12.4 Å². The van der Waals surface area contributed by atoms with Gasteiger partial charge >= 0.3 is 0 Å². The van der Waals surface area contributed by atoms with Gasteiger partial charge in [0.25, 0.3) is 15.9 Å². The molecule has 7 nitrogen and oxygen atoms in total. The van der Waals surface area contributed by atoms with Crippen molar-refractivity contribution in [2.24, 2.45) is 0 Å². The molecule has 0 aliphatic rings. The van der Waals surface area contributed by atoms with Gasteiger partial charge in [-0.25, -0.2) is 13.4 Å². The summed E-state index contributed by atoms with van der Waals surface area (Å²) >= 11 is 1.19. The second-order valence-electron chi connectivity index (χ2n) is 5.55. The lowest BCUT2D eigenvalue weighted by atomic mass is 10.2. The molecule has 1 aromatic heterocycles. The standard InChI is InChI=1S/C19H17N3O4S2/c1-2-12-26-16-7-3-14(4-8-16)18(23)21-15-5-9-17(10-6-15)28(24,25)22-19-20-11-13-27-19/h2-11,13H,1,12H2,(H,20,22)(H,21,23). The van der Waals surface area contributed by atoms with E-state index in [1.54, 1.807) is 35.7 Å². The third-order valence-electron chi connectivity index (χ3n) is 3.56. The van der Waals surface area contributed by atoms with E-state index >= 15 is 0 Å². The van der Waals surface area contributed by atoms with Crippen LogP contribution in [0.2, 0.25) is 0 Å². The SMILES string of the molecule is C=CCOc1ccc(C(=O)Nc2ccc(S(=O)(=O)Nc3nccs3)cc2)cc1. The van der Waals surface area contributed by atoms with Crippen molar-refractivity contribution >= 4 is 38.1 Å². The van der Waals surface area contributed by atoms with Gasteiger partial charge in [-0.05, 0) is 48.5 Å². The van der Waals surface area contributed by atoms with Crippen LogP contribution >= 0.6 is 11.3 Å². The molecule has 3 aromatic rings. The molecule has 0 bridgehead atoms. The summed E-state index contributed by atoms with van der Waals surface area (Å²) in [5.41, 5.74) is 0.929. The highest BCUT2D eigenvalue weighted by atomic mass is 32.2. The molecule has 0 spiro atoms. The van der Waals surface area contributed by atoms with Crippen LogP contribution in [0.1, 0.15) is 10.4 Å². The molecule has 28 heavy (non-hydrogen) atoms. The number of anilines is 2. The summed E-state index contributed by atoms with van der Waals surface area (Å²) in [6, 6.07) is 12.5. The molecule has 9 heteroatoms. The van der Waals surface area contributed by atoms with Gasteiger partial charge in [-0.1, -0.05) is 12.7 Å². The maximum Gasteiger partial charge on any atom is 0.263 e. The maximum absolute atomic E-state index is 12.3. The highest BCUT2D eigenvalue weighted by Gasteiger charge is 2.15. The van der Waals surface area contributed by atoms with Crippen LogP contribution < -0.4 is 14.8 Å². The number of hydrogen-bond acceptors (Lipinski definition) is 6. The highest BCUT2D eigenvalue weighted by Crippen LogP contribution is 2.20. The number of nitrogens with one attached hydrogen (secondary N) is 2. The van der Waals surface area contributed by atoms with Crippen molar-refractivity contribution in [1.82, 2.24) is 4.98 Å². The molecule has 2 aromatic carbocycles. The van der Waals surface area contributed by atoms with Crippen molar-refractivity contribution in [2.45, 2.75) is 4.90 Å². The lowest BCUT2D eigenvalue weighted by Crippen LogP contribution is -2.14. The monoisotopic (exact) mass is 415 g/mol. The van der Waals surface area contributed by atoms with E-state index in [9.17, 15) is 13.2 Å². The smallest absolute Gasteiger partial charge is 0.263 e. The molecule has 0 fully saturated rings. The number of thiazole rings is 1. The fourth-order valence-electron chi connectivity index (χ4n) is 2.23. The van der Waals surface area contributed by atoms with Gasteiger partial charge in [-0.3, -0.25) is 9.52 Å². The Hall–Kier alpha value is -3.17. The number of hydrogen-bond donors (Lipinski definition) is 2. The second kappa shape index (κ2) is 8.68. The van der Waals surface area contributed by atoms with Crippen LogP contribution in [0.3, 0.4) is 0 Å². The zero-order chi connectivity index (χ0) is 20.0. The zero-order valence-corrected chi connectivity index (χ0v) is 16.3. The number of amides is 1. The number of carbonyl (C=O) groups is 1. The number of rotatable bonds is 8. The summed E-state index contributed by atoms with van der Waals surface area (Å²) < 4.78 is 32.4. The Balaban J connectivity index is 1.65. The first-order valence-electron chi connectivity index (χ1n) is 8.15. The minimum atomic E-state index is -3.73. The van der Waals surface area contributed by atoms with Crippen LogP contribution in [0.25, 0.3) is 0 Å². The number of sulfonamides is 1. The summed E-state index contributed by atoms with van der Waals surface area (Å²) in [5, 5.41) is 4.69. The van der Waals surface area contributed by atoms with Gasteiger partial charge in [0.15, 0.2) is 5.13 Å². The van der Waals surface area contributed by atoms with Crippen molar-refractivity contribution in [1.29, 1.82) is 0 Å². The predicted octanol–water partition coefficient (Wildman–Crippen LogP) is 3.76. The number of carbonyl (C=O) groups excluding carboxylic acids is 1. The Kier molecular flexibility index (Phi) is 6.07. The predicted molar refractivity (Wildman–Crippen MR) is 109 cm³/mol. The number of ether oxygens (including phenoxy) is 1. The Bertz CT molecular complexity index is 1050. The lowest BCUT2D eigenvalue weighted by molar-refractivity contribution is 0.102. The largest absolute Gasteiger partial charge is 0.490 e. The Morgan fingerprint density at radius 2 is 1.86 bits per heavy atom. The fourth-order valence-corrected chi connectivity index (χ4v) is 4.01. The first-order valence-corrected chi connectivity index (χ1v) is 10.5. The van der Waals surface area contributed by atoms with Crippen LogP contribution in [0.15, 0.2) is 77.7 Å². The van der Waals surface area contributed by atoms with Gasteiger partial charge in [0.05, 0.1) is 4.90 Å². The average molecular weight is 415 g/mol. The first-order chi connectivity index (χ1) is 13.5. The molecule has 3 rings (SSSR count). The molecule has 2 N–H and O–H groups in total. The van der Waals surface area contributed by atoms with E-state index in [0.717, 1.165) is 0 Å². The van der Waals surface area contributed by atoms with E-state index in [4.69, 9.17) is 4.74 Å². The minimum absolute atomic E-state index is 0.0735. The normalized spacial score (nSPS) is 10.9. The molecule has 0 saturated carbocycles. The van der Waals surface area contributed by atoms with E-state index in [1.165, 1.54) is 41.8 Å². The Morgan fingerprint density at radius 3 is 2.46 bits per heavy atom. The van der Waals surface area contributed by atoms with Gasteiger partial charge < -0.3 is 10.1 Å². The van der Waals surface area contributed by atoms with Gasteiger partial charge in [0.2, 0.25) is 0 Å². The van der Waals surface area contributed by atoms with Gasteiger partial charge in [-0.2, -0.15) is 0 Å². The van der Waals surface area contributed by atoms with Crippen molar-refractivity contribution in [3.63, 3.8) is 0 Å². The second-order valence-corrected chi connectivity index (χ2v) is 8.12. The minimum Gasteiger partial charge on any atom is -0.490 e. The van der Waals surface area contributed by atoms with Crippen molar-refractivity contribution in [2.75, 3.05) is 16.6 Å². The quantitative estimate of drug-likeness (QED) is 0.546. The molecule has 0 saturated heterocycles. The molecule has 1 heterocycles. The molecular weight excluding hydrogens is 398 g/mol. The Labute approximate surface area is 166 Å². The summed E-state index contributed by atoms with van der Waals surface area (Å²) in [5.74, 6) is 0.325. The van der Waals surface area contributed by atoms with E-state index in [0.29, 0.717) is 23.6 Å². The molecule has 1 amide bonds. The topological polar surface area (TPSA) is 97.4 Å². The summed E-state index contributed by atoms with van der Waals surface area (Å²) in [4.78, 5) is 16.3. The molecule has 0 radical (unpaired) electrons. The van der Waals surface area contributed by atoms with Crippen molar-refractivity contribution < 1.29 is 17.9 Å². The summed E-state index contributed by atoms with van der Waals surface area (Å²) in [6.45, 7) is 3.96. The highest BCUT2D eigenvalue weighted by molar-refractivity contribution is 7.93. The number of aromatic nitrogens is 1. The number of nitrogens with zero attached hydrogens (tertiary/aromatic N) is 1. The molecule has 144 valence electrons. The van der Waals surface area contributed by atoms with Crippen molar-refractivity contribution in [3.05, 3.63) is 78.3 Å². The van der Waals surface area contributed by atoms with Crippen molar-refractivity contribution in [3.8, 4) is 5.75 Å². The van der Waals surface area contributed by atoms with Gasteiger partial charge in [-0.15, -0.1) is 11.3 Å². The molecule has 0 atom stereocenters. The third-order valence-corrected chi connectivity index (χ3v) is 5.73. The maximum atomic E-state index is 12.3. The van der Waals surface area contributed by atoms with E-state index in [1.807, 2.05) is 0 Å². The molecule has 0 aliphatic carbocycles. The van der Waals surface area contributed by atoms with Crippen LogP contribution in [-0.2, 0) is 10.0 Å². The lowest BCUT2D eigenvalue weighted by Gasteiger charge is -2.09. The fraction of sp³-hybridized carbons (Fsp3) is 0.0526. The van der Waals surface area contributed by atoms with E-state index in [2.05, 4.69) is 21.6 Å². The van der Waals surface area contributed by atoms with Crippen LogP contribution in [-0.4, -0.2) is 25.9 Å². The zero-order valence-electron chi connectivity index (χ0n) is 14.7. The van der Waals surface area contributed by atoms with Crippen LogP contribution in [0.4, 0.5) is 10.8 Å². The summed E-state index contributed by atoms with van der Waals surface area (Å²) in [6.07, 6.45) is 3.15. The molecule has 0 aliphatic heterocycles. The van der Waals surface area contributed by atoms with E-state index < -0.39 is 10.0 Å².